The number of nitrogens with zero attached hydrogens (tertiary/aromatic N) is 3. The van der Waals surface area contributed by atoms with Gasteiger partial charge in [0.05, 0.1) is 17.2 Å². The third kappa shape index (κ3) is 4.29. The Morgan fingerprint density at radius 2 is 1.52 bits per heavy atom. The van der Waals surface area contributed by atoms with Gasteiger partial charge in [-0.1, -0.05) is 91.0 Å². The summed E-state index contributed by atoms with van der Waals surface area (Å²) in [5.74, 6) is -0.269. The minimum absolute atomic E-state index is 0.0461. The van der Waals surface area contributed by atoms with Crippen LogP contribution in [0.15, 0.2) is 145 Å². The van der Waals surface area contributed by atoms with Gasteiger partial charge in [-0.05, 0) is 59.5 Å². The predicted molar refractivity (Wildman–Crippen MR) is 164 cm³/mol. The number of H-pyrrole nitrogens is 1. The van der Waals surface area contributed by atoms with E-state index in [1.165, 1.54) is 18.5 Å². The van der Waals surface area contributed by atoms with Crippen molar-refractivity contribution in [3.05, 3.63) is 167 Å². The molecule has 6 aromatic rings. The fraction of sp³-hybridized carbons (Fsp3) is 0.0833. The summed E-state index contributed by atoms with van der Waals surface area (Å²) in [4.78, 5) is 19.7. The number of benzene rings is 4. The summed E-state index contributed by atoms with van der Waals surface area (Å²) in [5, 5.41) is 5.82. The minimum Gasteiger partial charge on any atom is -0.313 e. The summed E-state index contributed by atoms with van der Waals surface area (Å²) in [6.45, 7) is 0. The first-order valence-corrected chi connectivity index (χ1v) is 13.9. The molecule has 0 saturated heterocycles. The second kappa shape index (κ2) is 10.6. The molecule has 0 amide bonds. The molecule has 0 bridgehead atoms. The van der Waals surface area contributed by atoms with Crippen molar-refractivity contribution in [2.75, 3.05) is 0 Å². The lowest BCUT2D eigenvalue weighted by molar-refractivity contribution is 0.293. The fourth-order valence-electron chi connectivity index (χ4n) is 6.13. The van der Waals surface area contributed by atoms with E-state index < -0.39 is 5.54 Å². The molecule has 0 saturated carbocycles. The van der Waals surface area contributed by atoms with Crippen molar-refractivity contribution >= 4 is 10.9 Å². The highest BCUT2D eigenvalue weighted by molar-refractivity contribution is 5.88. The lowest BCUT2D eigenvalue weighted by Gasteiger charge is -2.41. The Balaban J connectivity index is 1.56. The largest absolute Gasteiger partial charge is 0.313 e. The van der Waals surface area contributed by atoms with Gasteiger partial charge in [0.15, 0.2) is 0 Å². The molecule has 0 aliphatic heterocycles. The van der Waals surface area contributed by atoms with Crippen LogP contribution < -0.4 is 5.56 Å². The Morgan fingerprint density at radius 1 is 0.833 bits per heavy atom. The third-order valence-electron chi connectivity index (χ3n) is 8.09. The second-order valence-electron chi connectivity index (χ2n) is 10.5. The summed E-state index contributed by atoms with van der Waals surface area (Å²) in [6, 6.07) is 32.9. The Bertz CT molecular complexity index is 1950. The van der Waals surface area contributed by atoms with E-state index in [9.17, 15) is 9.18 Å². The molecule has 1 unspecified atom stereocenters. The molecular formula is C36H27FN4O. The van der Waals surface area contributed by atoms with Gasteiger partial charge in [0.25, 0.3) is 5.56 Å². The Labute approximate surface area is 242 Å². The molecular weight excluding hydrogens is 523 g/mol. The molecule has 0 radical (unpaired) electrons. The number of hydrogen-bond acceptors (Lipinski definition) is 3. The fourth-order valence-corrected chi connectivity index (χ4v) is 6.13. The van der Waals surface area contributed by atoms with Gasteiger partial charge < -0.3 is 4.98 Å². The van der Waals surface area contributed by atoms with Crippen molar-refractivity contribution in [2.24, 2.45) is 5.92 Å². The van der Waals surface area contributed by atoms with Crippen LogP contribution in [-0.2, 0) is 5.54 Å². The zero-order valence-corrected chi connectivity index (χ0v) is 22.7. The summed E-state index contributed by atoms with van der Waals surface area (Å²) >= 11 is 0. The van der Waals surface area contributed by atoms with Gasteiger partial charge in [-0.3, -0.25) is 9.48 Å². The van der Waals surface area contributed by atoms with Crippen LogP contribution in [0.5, 0.6) is 0 Å². The zero-order chi connectivity index (χ0) is 28.5. The van der Waals surface area contributed by atoms with E-state index >= 15 is 0 Å². The smallest absolute Gasteiger partial charge is 0.258 e. The standard InChI is InChI=1S/C36H27FN4O/c37-30-19-16-25(17-20-30)34-32(26-18-21-33-31(22-26)35(42)39-24-38-33)23-41(40-34)36(27-10-4-1-5-11-27,28-12-6-2-7-13-28)29-14-8-3-9-15-29/h1-14,16-24,29H,15H2,(H,38,39,42). The lowest BCUT2D eigenvalue weighted by Crippen LogP contribution is -2.43. The molecule has 1 aliphatic rings. The zero-order valence-electron chi connectivity index (χ0n) is 22.7. The van der Waals surface area contributed by atoms with Crippen molar-refractivity contribution in [3.8, 4) is 22.4 Å². The SMILES string of the molecule is O=c1[nH]cnc2ccc(-c3cn(C(c4ccccc4)(c4ccccc4)C4C=CC=CC4)nc3-c3ccc(F)cc3)cc12. The van der Waals surface area contributed by atoms with Gasteiger partial charge in [-0.15, -0.1) is 0 Å². The Morgan fingerprint density at radius 3 is 2.19 bits per heavy atom. The van der Waals surface area contributed by atoms with Crippen molar-refractivity contribution in [2.45, 2.75) is 12.0 Å². The number of fused-ring (bicyclic) bond motifs is 1. The highest BCUT2D eigenvalue weighted by Gasteiger charge is 2.44. The van der Waals surface area contributed by atoms with Crippen molar-refractivity contribution in [1.29, 1.82) is 0 Å². The highest BCUT2D eigenvalue weighted by Crippen LogP contribution is 2.46. The molecule has 1 N–H and O–H groups in total. The van der Waals surface area contributed by atoms with Gasteiger partial charge >= 0.3 is 0 Å². The van der Waals surface area contributed by atoms with E-state index in [2.05, 4.69) is 93.7 Å². The maximum absolute atomic E-state index is 14.0. The number of aromatic amines is 1. The number of hydrogen-bond donors (Lipinski definition) is 1. The number of rotatable bonds is 6. The van der Waals surface area contributed by atoms with E-state index in [1.807, 2.05) is 30.3 Å². The van der Waals surface area contributed by atoms with E-state index in [-0.39, 0.29) is 17.3 Å². The molecule has 1 atom stereocenters. The molecule has 6 heteroatoms. The summed E-state index contributed by atoms with van der Waals surface area (Å²) in [5.41, 5.74) is 5.02. The average Bonchev–Trinajstić information content (AvgIpc) is 3.49. The maximum atomic E-state index is 14.0. The van der Waals surface area contributed by atoms with Gasteiger partial charge in [0, 0.05) is 23.2 Å². The van der Waals surface area contributed by atoms with Gasteiger partial charge in [0.1, 0.15) is 17.1 Å². The molecule has 0 spiro atoms. The van der Waals surface area contributed by atoms with Crippen LogP contribution in [0.25, 0.3) is 33.3 Å². The molecule has 7 rings (SSSR count). The number of allylic oxidation sites excluding steroid dienone is 4. The molecule has 0 fully saturated rings. The van der Waals surface area contributed by atoms with Crippen LogP contribution in [0.3, 0.4) is 0 Å². The number of aromatic nitrogens is 4. The van der Waals surface area contributed by atoms with Crippen LogP contribution in [-0.4, -0.2) is 19.7 Å². The molecule has 42 heavy (non-hydrogen) atoms. The van der Waals surface area contributed by atoms with Crippen LogP contribution in [0.4, 0.5) is 4.39 Å². The van der Waals surface area contributed by atoms with Crippen molar-refractivity contribution < 1.29 is 4.39 Å². The van der Waals surface area contributed by atoms with Crippen molar-refractivity contribution in [3.63, 3.8) is 0 Å². The van der Waals surface area contributed by atoms with Crippen LogP contribution in [0, 0.1) is 11.7 Å². The summed E-state index contributed by atoms with van der Waals surface area (Å²) in [6.07, 6.45) is 12.9. The van der Waals surface area contributed by atoms with Gasteiger partial charge in [0.2, 0.25) is 0 Å². The van der Waals surface area contributed by atoms with E-state index in [0.29, 0.717) is 16.6 Å². The van der Waals surface area contributed by atoms with Gasteiger partial charge in [-0.2, -0.15) is 5.10 Å². The quantitative estimate of drug-likeness (QED) is 0.233. The van der Waals surface area contributed by atoms with E-state index in [0.717, 1.165) is 34.2 Å². The van der Waals surface area contributed by atoms with Crippen molar-refractivity contribution in [1.82, 2.24) is 19.7 Å². The monoisotopic (exact) mass is 550 g/mol. The minimum atomic E-state index is -0.702. The third-order valence-corrected chi connectivity index (χ3v) is 8.09. The first-order chi connectivity index (χ1) is 20.6. The molecule has 2 heterocycles. The molecule has 4 aromatic carbocycles. The second-order valence-corrected chi connectivity index (χ2v) is 10.5. The topological polar surface area (TPSA) is 63.6 Å². The van der Waals surface area contributed by atoms with E-state index in [1.54, 1.807) is 12.1 Å². The number of halogens is 1. The predicted octanol–water partition coefficient (Wildman–Crippen LogP) is 7.52. The summed E-state index contributed by atoms with van der Waals surface area (Å²) < 4.78 is 16.1. The Hall–Kier alpha value is -5.36. The maximum Gasteiger partial charge on any atom is 0.258 e. The average molecular weight is 551 g/mol. The first kappa shape index (κ1) is 25.6. The van der Waals surface area contributed by atoms with Crippen LogP contribution >= 0.6 is 0 Å². The molecule has 204 valence electrons. The van der Waals surface area contributed by atoms with Crippen LogP contribution in [0.1, 0.15) is 17.5 Å². The summed E-state index contributed by atoms with van der Waals surface area (Å²) in [7, 11) is 0. The Kier molecular flexibility index (Phi) is 6.44. The first-order valence-electron chi connectivity index (χ1n) is 13.9. The lowest BCUT2D eigenvalue weighted by atomic mass is 9.70. The molecule has 1 aliphatic carbocycles. The number of nitrogens with one attached hydrogen (secondary N) is 1. The normalized spacial score (nSPS) is 14.8. The molecule has 5 nitrogen and oxygen atoms in total. The van der Waals surface area contributed by atoms with Crippen LogP contribution in [0.2, 0.25) is 0 Å². The van der Waals surface area contributed by atoms with E-state index in [4.69, 9.17) is 5.10 Å². The molecule has 2 aromatic heterocycles. The van der Waals surface area contributed by atoms with Gasteiger partial charge in [-0.25, -0.2) is 9.37 Å². The highest BCUT2D eigenvalue weighted by atomic mass is 19.1.